The third kappa shape index (κ3) is 4.56. The van der Waals surface area contributed by atoms with Crippen molar-refractivity contribution in [1.29, 1.82) is 0 Å². The predicted octanol–water partition coefficient (Wildman–Crippen LogP) is 2.24. The fraction of sp³-hybridized carbons (Fsp3) is 0.421. The van der Waals surface area contributed by atoms with Crippen LogP contribution in [0.15, 0.2) is 30.9 Å². The molecular formula is C19H19F3N6O2. The van der Waals surface area contributed by atoms with E-state index in [1.54, 1.807) is 4.90 Å². The summed E-state index contributed by atoms with van der Waals surface area (Å²) in [5, 5.41) is 4.59. The van der Waals surface area contributed by atoms with E-state index in [0.717, 1.165) is 4.68 Å². The summed E-state index contributed by atoms with van der Waals surface area (Å²) >= 11 is 0. The average Bonchev–Trinajstić information content (AvgIpc) is 2.89. The average molecular weight is 420 g/mol. The molecule has 30 heavy (non-hydrogen) atoms. The van der Waals surface area contributed by atoms with Crippen molar-refractivity contribution in [3.63, 3.8) is 0 Å². The van der Waals surface area contributed by atoms with E-state index in [9.17, 15) is 18.0 Å². The third-order valence-electron chi connectivity index (χ3n) is 4.74. The van der Waals surface area contributed by atoms with Crippen LogP contribution in [0.5, 0.6) is 0 Å². The summed E-state index contributed by atoms with van der Waals surface area (Å²) in [6.45, 7) is 0.651. The van der Waals surface area contributed by atoms with E-state index in [-0.39, 0.29) is 23.5 Å². The van der Waals surface area contributed by atoms with Gasteiger partial charge in [0.1, 0.15) is 12.2 Å². The summed E-state index contributed by atoms with van der Waals surface area (Å²) < 4.78 is 45.6. The first kappa shape index (κ1) is 20.2. The zero-order valence-electron chi connectivity index (χ0n) is 16.0. The van der Waals surface area contributed by atoms with E-state index in [2.05, 4.69) is 20.1 Å². The number of fused-ring (bicyclic) bond motifs is 1. The highest BCUT2D eigenvalue weighted by molar-refractivity contribution is 5.96. The molecule has 3 aromatic rings. The van der Waals surface area contributed by atoms with Crippen LogP contribution in [0.25, 0.3) is 10.9 Å². The number of carbonyl (C=O) groups is 1. The maximum Gasteiger partial charge on any atom is 0.408 e. The van der Waals surface area contributed by atoms with E-state index in [4.69, 9.17) is 4.74 Å². The van der Waals surface area contributed by atoms with Crippen molar-refractivity contribution in [2.45, 2.75) is 25.6 Å². The summed E-state index contributed by atoms with van der Waals surface area (Å²) in [5.41, 5.74) is 1.25. The number of carbonyl (C=O) groups excluding carboxylic acids is 1. The maximum absolute atomic E-state index is 13.1. The van der Waals surface area contributed by atoms with Crippen LogP contribution in [0.3, 0.4) is 0 Å². The lowest BCUT2D eigenvalue weighted by atomic mass is 10.1. The zero-order valence-corrected chi connectivity index (χ0v) is 16.0. The normalized spacial score (nSPS) is 15.4. The lowest BCUT2D eigenvalue weighted by Crippen LogP contribution is -2.33. The van der Waals surface area contributed by atoms with Gasteiger partial charge in [-0.05, 0) is 12.5 Å². The lowest BCUT2D eigenvalue weighted by Gasteiger charge is -2.19. The maximum atomic E-state index is 13.1. The minimum atomic E-state index is -4.46. The molecule has 1 saturated heterocycles. The third-order valence-corrected chi connectivity index (χ3v) is 4.74. The molecule has 3 aromatic heterocycles. The van der Waals surface area contributed by atoms with Gasteiger partial charge in [-0.2, -0.15) is 18.3 Å². The predicted molar refractivity (Wildman–Crippen MR) is 99.8 cm³/mol. The van der Waals surface area contributed by atoms with Crippen molar-refractivity contribution in [3.05, 3.63) is 47.9 Å². The van der Waals surface area contributed by atoms with Crippen LogP contribution >= 0.6 is 0 Å². The van der Waals surface area contributed by atoms with Gasteiger partial charge in [0, 0.05) is 56.3 Å². The quantitative estimate of drug-likeness (QED) is 0.644. The monoisotopic (exact) mass is 420 g/mol. The number of pyridine rings is 1. The molecule has 8 nitrogen and oxygen atoms in total. The number of alkyl halides is 3. The fourth-order valence-corrected chi connectivity index (χ4v) is 3.38. The van der Waals surface area contributed by atoms with Crippen molar-refractivity contribution in [2.24, 2.45) is 0 Å². The number of hydrogen-bond donors (Lipinski definition) is 0. The van der Waals surface area contributed by atoms with Gasteiger partial charge in [-0.25, -0.2) is 0 Å². The van der Waals surface area contributed by atoms with E-state index in [1.807, 2.05) is 0 Å². The second kappa shape index (κ2) is 8.34. The molecule has 0 aliphatic carbocycles. The van der Waals surface area contributed by atoms with Gasteiger partial charge >= 0.3 is 6.18 Å². The number of ether oxygens (including phenoxy) is 1. The molecule has 0 saturated carbocycles. The minimum Gasteiger partial charge on any atom is -0.380 e. The molecule has 1 fully saturated rings. The Kier molecular flexibility index (Phi) is 5.62. The Morgan fingerprint density at radius 1 is 1.13 bits per heavy atom. The summed E-state index contributed by atoms with van der Waals surface area (Å²) in [7, 11) is 0. The van der Waals surface area contributed by atoms with Crippen LogP contribution in [0.2, 0.25) is 0 Å². The summed E-state index contributed by atoms with van der Waals surface area (Å²) in [4.78, 5) is 26.8. The Morgan fingerprint density at radius 2 is 2.00 bits per heavy atom. The number of amides is 1. The number of aromatic nitrogens is 5. The Morgan fingerprint density at radius 3 is 2.77 bits per heavy atom. The first-order valence-electron chi connectivity index (χ1n) is 9.45. The Labute approximate surface area is 169 Å². The SMILES string of the molecule is O=C(c1cc2c(cn1)c(Cc1cnccn1)nn2CC(F)(F)F)N1CCCOCC1. The number of rotatable bonds is 4. The van der Waals surface area contributed by atoms with Crippen molar-refractivity contribution in [2.75, 3.05) is 26.3 Å². The molecule has 11 heteroatoms. The molecule has 158 valence electrons. The molecule has 1 aliphatic rings. The molecule has 0 radical (unpaired) electrons. The Balaban J connectivity index is 1.71. The van der Waals surface area contributed by atoms with Gasteiger partial charge < -0.3 is 9.64 Å². The lowest BCUT2D eigenvalue weighted by molar-refractivity contribution is -0.141. The van der Waals surface area contributed by atoms with Crippen LogP contribution in [0.4, 0.5) is 13.2 Å². The molecule has 0 unspecified atom stereocenters. The van der Waals surface area contributed by atoms with E-state index in [0.29, 0.717) is 49.5 Å². The molecule has 0 bridgehead atoms. The standard InChI is InChI=1S/C19H19F3N6O2/c20-19(21,22)12-28-17-9-16(18(29)27-4-1-6-30-7-5-27)25-11-14(17)15(26-28)8-13-10-23-2-3-24-13/h2-3,9-11H,1,4-8,12H2. The van der Waals surface area contributed by atoms with Gasteiger partial charge in [0.15, 0.2) is 0 Å². The molecular weight excluding hydrogens is 401 g/mol. The highest BCUT2D eigenvalue weighted by Gasteiger charge is 2.30. The van der Waals surface area contributed by atoms with Crippen molar-refractivity contribution >= 4 is 16.8 Å². The van der Waals surface area contributed by atoms with Gasteiger partial charge in [0.05, 0.1) is 23.5 Å². The number of nitrogens with zero attached hydrogens (tertiary/aromatic N) is 6. The Bertz CT molecular complexity index is 1030. The summed E-state index contributed by atoms with van der Waals surface area (Å²) in [5.74, 6) is -0.336. The molecule has 4 rings (SSSR count). The van der Waals surface area contributed by atoms with E-state index in [1.165, 1.54) is 30.9 Å². The number of hydrogen-bond acceptors (Lipinski definition) is 6. The molecule has 0 atom stereocenters. The van der Waals surface area contributed by atoms with E-state index < -0.39 is 12.7 Å². The van der Waals surface area contributed by atoms with Crippen molar-refractivity contribution < 1.29 is 22.7 Å². The van der Waals surface area contributed by atoms with Gasteiger partial charge in [-0.15, -0.1) is 0 Å². The zero-order chi connectivity index (χ0) is 21.1. The highest BCUT2D eigenvalue weighted by atomic mass is 19.4. The van der Waals surface area contributed by atoms with E-state index >= 15 is 0 Å². The molecule has 0 spiro atoms. The van der Waals surface area contributed by atoms with Crippen LogP contribution in [0.1, 0.15) is 28.3 Å². The molecule has 4 heterocycles. The molecule has 0 aromatic carbocycles. The van der Waals surface area contributed by atoms with Gasteiger partial charge in [0.2, 0.25) is 0 Å². The van der Waals surface area contributed by atoms with Crippen molar-refractivity contribution in [3.8, 4) is 0 Å². The number of halogens is 3. The topological polar surface area (TPSA) is 86.0 Å². The van der Waals surface area contributed by atoms with Gasteiger partial charge in [-0.1, -0.05) is 0 Å². The molecule has 1 aliphatic heterocycles. The van der Waals surface area contributed by atoms with Crippen LogP contribution in [0, 0.1) is 0 Å². The minimum absolute atomic E-state index is 0.0822. The summed E-state index contributed by atoms with van der Waals surface area (Å²) in [6, 6.07) is 1.38. The fourth-order valence-electron chi connectivity index (χ4n) is 3.38. The van der Waals surface area contributed by atoms with Crippen LogP contribution in [-0.4, -0.2) is 68.0 Å². The van der Waals surface area contributed by atoms with Crippen LogP contribution in [-0.2, 0) is 17.7 Å². The second-order valence-corrected chi connectivity index (χ2v) is 6.94. The largest absolute Gasteiger partial charge is 0.408 e. The van der Waals surface area contributed by atoms with Gasteiger partial charge in [-0.3, -0.25) is 24.4 Å². The molecule has 0 N–H and O–H groups in total. The molecule has 1 amide bonds. The first-order chi connectivity index (χ1) is 14.4. The van der Waals surface area contributed by atoms with Crippen LogP contribution < -0.4 is 0 Å². The van der Waals surface area contributed by atoms with Crippen molar-refractivity contribution in [1.82, 2.24) is 29.6 Å². The second-order valence-electron chi connectivity index (χ2n) is 6.94. The highest BCUT2D eigenvalue weighted by Crippen LogP contribution is 2.25. The first-order valence-corrected chi connectivity index (χ1v) is 9.45. The van der Waals surface area contributed by atoms with Gasteiger partial charge in [0.25, 0.3) is 5.91 Å². The Hall–Kier alpha value is -3.08. The summed E-state index contributed by atoms with van der Waals surface area (Å²) in [6.07, 6.45) is 2.39. The smallest absolute Gasteiger partial charge is 0.380 e.